The maximum atomic E-state index is 13.5. The van der Waals surface area contributed by atoms with Gasteiger partial charge in [0.15, 0.2) is 16.7 Å². The van der Waals surface area contributed by atoms with Crippen LogP contribution >= 0.6 is 11.8 Å². The molecule has 0 saturated carbocycles. The summed E-state index contributed by atoms with van der Waals surface area (Å²) in [5.74, 6) is -1.13. The van der Waals surface area contributed by atoms with Crippen LogP contribution in [-0.4, -0.2) is 59.0 Å². The number of aliphatic imine (C=N–C) groups is 1. The number of anilines is 1. The van der Waals surface area contributed by atoms with Crippen LogP contribution in [-0.2, 0) is 16.0 Å². The molecular weight excluding hydrogens is 525 g/mol. The number of amides is 2. The third kappa shape index (κ3) is 6.94. The molecule has 3 aromatic rings. The summed E-state index contributed by atoms with van der Waals surface area (Å²) in [4.78, 5) is 43.7. The Balaban J connectivity index is 1.55. The van der Waals surface area contributed by atoms with Crippen LogP contribution in [0.1, 0.15) is 22.3 Å². The van der Waals surface area contributed by atoms with E-state index in [2.05, 4.69) is 10.3 Å². The summed E-state index contributed by atoms with van der Waals surface area (Å²) in [7, 11) is 3.10. The third-order valence-corrected chi connectivity index (χ3v) is 7.12. The molecule has 2 amide bonds. The van der Waals surface area contributed by atoms with Crippen molar-refractivity contribution in [3.05, 3.63) is 83.7 Å². The normalized spacial score (nSPS) is 16.2. The van der Waals surface area contributed by atoms with E-state index in [1.54, 1.807) is 26.4 Å². The topological polar surface area (TPSA) is 118 Å². The molecule has 0 bridgehead atoms. The van der Waals surface area contributed by atoms with E-state index in [1.165, 1.54) is 47.4 Å². The van der Waals surface area contributed by atoms with E-state index < -0.39 is 22.9 Å². The lowest BCUT2D eigenvalue weighted by atomic mass is 10.1. The average Bonchev–Trinajstić information content (AvgIpc) is 2.93. The van der Waals surface area contributed by atoms with Crippen LogP contribution in [0.25, 0.3) is 0 Å². The molecule has 0 aliphatic carbocycles. The number of thioether (sulfide) groups is 1. The van der Waals surface area contributed by atoms with Crippen molar-refractivity contribution in [3.63, 3.8) is 0 Å². The minimum atomic E-state index is -1.12. The number of ether oxygens (including phenoxy) is 2. The molecule has 1 aliphatic rings. The number of halogens is 1. The fourth-order valence-electron chi connectivity index (χ4n) is 3.92. The molecular formula is C28H26FN3O6S. The number of carbonyl (C=O) groups excluding carboxylic acids is 2. The summed E-state index contributed by atoms with van der Waals surface area (Å²) in [6, 6.07) is 16.9. The summed E-state index contributed by atoms with van der Waals surface area (Å²) in [6.07, 6.45) is 0.400. The van der Waals surface area contributed by atoms with Gasteiger partial charge in [-0.25, -0.2) is 14.2 Å². The van der Waals surface area contributed by atoms with Crippen molar-refractivity contribution in [2.75, 3.05) is 26.1 Å². The van der Waals surface area contributed by atoms with Crippen molar-refractivity contribution in [1.29, 1.82) is 0 Å². The highest BCUT2D eigenvalue weighted by molar-refractivity contribution is 8.15. The molecule has 202 valence electrons. The first-order chi connectivity index (χ1) is 18.8. The zero-order chi connectivity index (χ0) is 27.9. The maximum Gasteiger partial charge on any atom is 0.335 e. The summed E-state index contributed by atoms with van der Waals surface area (Å²) in [5.41, 5.74) is 1.67. The number of carboxylic acid groups (broad SMARTS) is 1. The molecule has 4 rings (SSSR count). The molecule has 0 spiro atoms. The van der Waals surface area contributed by atoms with E-state index in [9.17, 15) is 23.9 Å². The smallest absolute Gasteiger partial charge is 0.335 e. The molecule has 0 aromatic heterocycles. The minimum absolute atomic E-state index is 0.0278. The van der Waals surface area contributed by atoms with Crippen LogP contribution in [0.4, 0.5) is 15.8 Å². The molecule has 0 radical (unpaired) electrons. The minimum Gasteiger partial charge on any atom is -0.493 e. The van der Waals surface area contributed by atoms with Gasteiger partial charge in [-0.05, 0) is 66.6 Å². The fraction of sp³-hybridized carbons (Fsp3) is 0.214. The van der Waals surface area contributed by atoms with Crippen molar-refractivity contribution in [3.8, 4) is 11.5 Å². The molecule has 9 nitrogen and oxygen atoms in total. The van der Waals surface area contributed by atoms with Gasteiger partial charge in [0.2, 0.25) is 11.8 Å². The van der Waals surface area contributed by atoms with Crippen molar-refractivity contribution in [2.45, 2.75) is 18.1 Å². The number of nitrogens with zero attached hydrogens (tertiary/aromatic N) is 2. The van der Waals surface area contributed by atoms with Crippen LogP contribution in [0.2, 0.25) is 0 Å². The predicted molar refractivity (Wildman–Crippen MR) is 146 cm³/mol. The van der Waals surface area contributed by atoms with Crippen molar-refractivity contribution < 1.29 is 33.4 Å². The van der Waals surface area contributed by atoms with E-state index in [-0.39, 0.29) is 24.4 Å². The molecule has 3 aromatic carbocycles. The Morgan fingerprint density at radius 2 is 1.82 bits per heavy atom. The highest BCUT2D eigenvalue weighted by Crippen LogP contribution is 2.31. The van der Waals surface area contributed by atoms with Crippen LogP contribution in [0.3, 0.4) is 0 Å². The average molecular weight is 552 g/mol. The van der Waals surface area contributed by atoms with Crippen molar-refractivity contribution in [1.82, 2.24) is 4.90 Å². The Labute approximate surface area is 228 Å². The Morgan fingerprint density at radius 3 is 2.51 bits per heavy atom. The van der Waals surface area contributed by atoms with E-state index in [0.717, 1.165) is 17.3 Å². The van der Waals surface area contributed by atoms with E-state index in [0.29, 0.717) is 34.5 Å². The molecule has 1 atom stereocenters. The molecule has 1 heterocycles. The van der Waals surface area contributed by atoms with Gasteiger partial charge in [0, 0.05) is 18.7 Å². The number of methoxy groups -OCH3 is 2. The lowest BCUT2D eigenvalue weighted by molar-refractivity contribution is -0.129. The highest BCUT2D eigenvalue weighted by atomic mass is 32.2. The molecule has 11 heteroatoms. The van der Waals surface area contributed by atoms with Crippen LogP contribution in [0, 0.1) is 5.82 Å². The summed E-state index contributed by atoms with van der Waals surface area (Å²) in [6.45, 7) is 0.288. The summed E-state index contributed by atoms with van der Waals surface area (Å²) in [5, 5.41) is 11.4. The molecule has 2 N–H and O–H groups in total. The van der Waals surface area contributed by atoms with Gasteiger partial charge < -0.3 is 19.9 Å². The van der Waals surface area contributed by atoms with E-state index in [4.69, 9.17) is 9.47 Å². The monoisotopic (exact) mass is 551 g/mol. The Hall–Kier alpha value is -4.38. The zero-order valence-corrected chi connectivity index (χ0v) is 22.0. The molecule has 1 aliphatic heterocycles. The number of rotatable bonds is 9. The van der Waals surface area contributed by atoms with Crippen molar-refractivity contribution in [2.24, 2.45) is 4.99 Å². The maximum absolute atomic E-state index is 13.5. The second-order valence-electron chi connectivity index (χ2n) is 8.54. The molecule has 1 fully saturated rings. The van der Waals surface area contributed by atoms with Gasteiger partial charge in [-0.15, -0.1) is 0 Å². The van der Waals surface area contributed by atoms with Gasteiger partial charge in [-0.2, -0.15) is 0 Å². The molecule has 1 unspecified atom stereocenters. The molecule has 1 saturated heterocycles. The first kappa shape index (κ1) is 27.6. The third-order valence-electron chi connectivity index (χ3n) is 5.93. The van der Waals surface area contributed by atoms with Crippen molar-refractivity contribution >= 4 is 46.1 Å². The first-order valence-corrected chi connectivity index (χ1v) is 12.8. The first-order valence-electron chi connectivity index (χ1n) is 11.9. The van der Waals surface area contributed by atoms with Crippen LogP contribution in [0.15, 0.2) is 71.7 Å². The van der Waals surface area contributed by atoms with Gasteiger partial charge in [-0.3, -0.25) is 14.5 Å². The number of hydrogen-bond donors (Lipinski definition) is 2. The Bertz CT molecular complexity index is 1410. The van der Waals surface area contributed by atoms with E-state index >= 15 is 0 Å². The number of amidine groups is 1. The van der Waals surface area contributed by atoms with Gasteiger partial charge in [0.05, 0.1) is 25.5 Å². The fourth-order valence-corrected chi connectivity index (χ4v) is 5.04. The Kier molecular flexibility index (Phi) is 8.82. The van der Waals surface area contributed by atoms with Crippen LogP contribution < -0.4 is 14.8 Å². The van der Waals surface area contributed by atoms with Gasteiger partial charge in [0.1, 0.15) is 11.1 Å². The predicted octanol–water partition coefficient (Wildman–Crippen LogP) is 4.74. The lowest BCUT2D eigenvalue weighted by Crippen LogP contribution is -2.46. The second kappa shape index (κ2) is 12.4. The number of nitrogens with one attached hydrogen (secondary N) is 1. The number of carbonyl (C=O) groups is 3. The second-order valence-corrected chi connectivity index (χ2v) is 9.71. The summed E-state index contributed by atoms with van der Waals surface area (Å²) >= 11 is 1.12. The number of carboxylic acids is 1. The standard InChI is InChI=1S/C28H26FN3O6S/c1-37-22-11-6-17(14-23(22)38-2)12-13-32-25(33)16-24(39-28(32)31-20-9-7-19(29)8-10-20)26(34)30-21-5-3-4-18(15-21)27(35)36/h3-11,14-15,24H,12-13,16H2,1-2H3,(H,30,34)(H,35,36). The van der Waals surface area contributed by atoms with Gasteiger partial charge in [0.25, 0.3) is 0 Å². The molecule has 39 heavy (non-hydrogen) atoms. The lowest BCUT2D eigenvalue weighted by Gasteiger charge is -2.32. The van der Waals surface area contributed by atoms with Gasteiger partial charge in [-0.1, -0.05) is 23.9 Å². The highest BCUT2D eigenvalue weighted by Gasteiger charge is 2.36. The van der Waals surface area contributed by atoms with Crippen LogP contribution in [0.5, 0.6) is 11.5 Å². The largest absolute Gasteiger partial charge is 0.493 e. The quantitative estimate of drug-likeness (QED) is 0.394. The SMILES string of the molecule is COc1ccc(CCN2C(=O)CC(C(=O)Nc3cccc(C(=O)O)c3)SC2=Nc2ccc(F)cc2)cc1OC. The number of benzene rings is 3. The van der Waals surface area contributed by atoms with E-state index in [1.807, 2.05) is 12.1 Å². The number of aromatic carboxylic acids is 1. The summed E-state index contributed by atoms with van der Waals surface area (Å²) < 4.78 is 24.1. The Morgan fingerprint density at radius 1 is 1.08 bits per heavy atom. The van der Waals surface area contributed by atoms with Gasteiger partial charge >= 0.3 is 5.97 Å². The number of hydrogen-bond acceptors (Lipinski definition) is 7. The zero-order valence-electron chi connectivity index (χ0n) is 21.2.